The highest BCUT2D eigenvalue weighted by Gasteiger charge is 2.25. The van der Waals surface area contributed by atoms with E-state index >= 15 is 0 Å². The molecule has 0 heterocycles. The van der Waals surface area contributed by atoms with E-state index in [-0.39, 0.29) is 11.9 Å². The Hall–Kier alpha value is -2.29. The average Bonchev–Trinajstić information content (AvgIpc) is 2.66. The number of ether oxygens (including phenoxy) is 1. The standard InChI is InChI=1S/C22H27NO2/c1-3-16-12-14-18(15-13-16)25-21(4-2)22(24)23-20-11-7-9-17-8-5-6-10-19(17)20/h5-6,8,10,12-15,20-21H,3-4,7,9,11H2,1-2H3,(H,23,24)/t20-,21+/m0/s1. The van der Waals surface area contributed by atoms with E-state index in [2.05, 4.69) is 42.6 Å². The van der Waals surface area contributed by atoms with Crippen LogP contribution in [0.1, 0.15) is 55.8 Å². The third-order valence-electron chi connectivity index (χ3n) is 4.96. The summed E-state index contributed by atoms with van der Waals surface area (Å²) in [5, 5.41) is 3.20. The highest BCUT2D eigenvalue weighted by Crippen LogP contribution is 2.29. The van der Waals surface area contributed by atoms with E-state index in [1.54, 1.807) is 0 Å². The quantitative estimate of drug-likeness (QED) is 0.836. The van der Waals surface area contributed by atoms with Gasteiger partial charge in [-0.3, -0.25) is 4.79 Å². The fourth-order valence-corrected chi connectivity index (χ4v) is 3.46. The largest absolute Gasteiger partial charge is 0.481 e. The first-order valence-electron chi connectivity index (χ1n) is 9.35. The smallest absolute Gasteiger partial charge is 0.261 e. The van der Waals surface area contributed by atoms with Crippen LogP contribution in [0.15, 0.2) is 48.5 Å². The molecule has 0 radical (unpaired) electrons. The van der Waals surface area contributed by atoms with Gasteiger partial charge in [0.1, 0.15) is 5.75 Å². The predicted octanol–water partition coefficient (Wildman–Crippen LogP) is 4.60. The van der Waals surface area contributed by atoms with E-state index in [0.717, 1.165) is 31.4 Å². The summed E-state index contributed by atoms with van der Waals surface area (Å²) in [4.78, 5) is 12.7. The van der Waals surface area contributed by atoms with Crippen molar-refractivity contribution < 1.29 is 9.53 Å². The fraction of sp³-hybridized carbons (Fsp3) is 0.409. The molecule has 2 aromatic carbocycles. The summed E-state index contributed by atoms with van der Waals surface area (Å²) >= 11 is 0. The molecule has 2 aromatic rings. The van der Waals surface area contributed by atoms with Crippen molar-refractivity contribution >= 4 is 5.91 Å². The lowest BCUT2D eigenvalue weighted by atomic mass is 9.87. The Morgan fingerprint density at radius 3 is 2.64 bits per heavy atom. The molecule has 132 valence electrons. The zero-order valence-electron chi connectivity index (χ0n) is 15.1. The molecule has 3 nitrogen and oxygen atoms in total. The number of amides is 1. The normalized spacial score (nSPS) is 17.4. The number of nitrogens with one attached hydrogen (secondary N) is 1. The van der Waals surface area contributed by atoms with Crippen LogP contribution in [0.2, 0.25) is 0 Å². The Labute approximate surface area is 150 Å². The van der Waals surface area contributed by atoms with Gasteiger partial charge >= 0.3 is 0 Å². The zero-order chi connectivity index (χ0) is 17.6. The molecule has 0 aromatic heterocycles. The molecular weight excluding hydrogens is 310 g/mol. The first-order chi connectivity index (χ1) is 12.2. The Morgan fingerprint density at radius 1 is 1.16 bits per heavy atom. The van der Waals surface area contributed by atoms with Crippen molar-refractivity contribution in [1.29, 1.82) is 0 Å². The van der Waals surface area contributed by atoms with Crippen LogP contribution in [0.25, 0.3) is 0 Å². The van der Waals surface area contributed by atoms with E-state index < -0.39 is 6.10 Å². The van der Waals surface area contributed by atoms with Crippen LogP contribution in [0.3, 0.4) is 0 Å². The lowest BCUT2D eigenvalue weighted by molar-refractivity contribution is -0.129. The molecular formula is C22H27NO2. The Balaban J connectivity index is 1.66. The SMILES string of the molecule is CCc1ccc(O[C@H](CC)C(=O)N[C@H]2CCCc3ccccc32)cc1. The maximum absolute atomic E-state index is 12.7. The lowest BCUT2D eigenvalue weighted by Gasteiger charge is -2.28. The van der Waals surface area contributed by atoms with E-state index in [4.69, 9.17) is 4.74 Å². The first kappa shape index (κ1) is 17.5. The van der Waals surface area contributed by atoms with E-state index in [9.17, 15) is 4.79 Å². The molecule has 3 rings (SSSR count). The van der Waals surface area contributed by atoms with Gasteiger partial charge in [0.15, 0.2) is 6.10 Å². The van der Waals surface area contributed by atoms with Crippen LogP contribution >= 0.6 is 0 Å². The summed E-state index contributed by atoms with van der Waals surface area (Å²) in [5.41, 5.74) is 3.87. The molecule has 2 atom stereocenters. The predicted molar refractivity (Wildman–Crippen MR) is 101 cm³/mol. The molecule has 0 unspecified atom stereocenters. The number of carbonyl (C=O) groups excluding carboxylic acids is 1. The van der Waals surface area contributed by atoms with Crippen LogP contribution in [-0.2, 0) is 17.6 Å². The summed E-state index contributed by atoms with van der Waals surface area (Å²) in [6, 6.07) is 16.5. The molecule has 0 saturated heterocycles. The van der Waals surface area contributed by atoms with Gasteiger partial charge in [-0.05, 0) is 60.9 Å². The molecule has 1 amide bonds. The molecule has 0 aliphatic heterocycles. The van der Waals surface area contributed by atoms with Crippen LogP contribution in [0.4, 0.5) is 0 Å². The van der Waals surface area contributed by atoms with E-state index in [0.29, 0.717) is 6.42 Å². The average molecular weight is 337 g/mol. The van der Waals surface area contributed by atoms with Crippen molar-refractivity contribution in [3.63, 3.8) is 0 Å². The Kier molecular flexibility index (Phi) is 5.75. The van der Waals surface area contributed by atoms with E-state index in [1.165, 1.54) is 16.7 Å². The second-order valence-corrected chi connectivity index (χ2v) is 6.66. The summed E-state index contributed by atoms with van der Waals surface area (Å²) in [6.45, 7) is 4.11. The number of rotatable bonds is 6. The van der Waals surface area contributed by atoms with Gasteiger partial charge in [-0.2, -0.15) is 0 Å². The Bertz CT molecular complexity index is 708. The van der Waals surface area contributed by atoms with Gasteiger partial charge in [0.05, 0.1) is 6.04 Å². The third-order valence-corrected chi connectivity index (χ3v) is 4.96. The highest BCUT2D eigenvalue weighted by molar-refractivity contribution is 5.81. The van der Waals surface area contributed by atoms with Crippen molar-refractivity contribution in [1.82, 2.24) is 5.32 Å². The van der Waals surface area contributed by atoms with Gasteiger partial charge in [-0.15, -0.1) is 0 Å². The van der Waals surface area contributed by atoms with Crippen molar-refractivity contribution in [2.24, 2.45) is 0 Å². The Morgan fingerprint density at radius 2 is 1.92 bits per heavy atom. The van der Waals surface area contributed by atoms with Crippen LogP contribution in [0.5, 0.6) is 5.75 Å². The first-order valence-corrected chi connectivity index (χ1v) is 9.35. The molecule has 1 aliphatic rings. The van der Waals surface area contributed by atoms with E-state index in [1.807, 2.05) is 25.1 Å². The minimum absolute atomic E-state index is 0.0243. The van der Waals surface area contributed by atoms with Gasteiger partial charge in [0.2, 0.25) is 0 Å². The molecule has 0 fully saturated rings. The maximum Gasteiger partial charge on any atom is 0.261 e. The zero-order valence-corrected chi connectivity index (χ0v) is 15.1. The van der Waals surface area contributed by atoms with Crippen LogP contribution < -0.4 is 10.1 Å². The number of hydrogen-bond acceptors (Lipinski definition) is 2. The third kappa shape index (κ3) is 4.22. The molecule has 0 spiro atoms. The number of carbonyl (C=O) groups is 1. The topological polar surface area (TPSA) is 38.3 Å². The minimum Gasteiger partial charge on any atom is -0.481 e. The summed E-state index contributed by atoms with van der Waals surface area (Å²) in [7, 11) is 0. The van der Waals surface area contributed by atoms with Crippen molar-refractivity contribution in [3.8, 4) is 5.75 Å². The van der Waals surface area contributed by atoms with Crippen LogP contribution in [-0.4, -0.2) is 12.0 Å². The molecule has 1 N–H and O–H groups in total. The number of benzene rings is 2. The van der Waals surface area contributed by atoms with Gasteiger partial charge in [0, 0.05) is 0 Å². The van der Waals surface area contributed by atoms with Gasteiger partial charge in [-0.1, -0.05) is 50.2 Å². The van der Waals surface area contributed by atoms with Crippen molar-refractivity contribution in [2.75, 3.05) is 0 Å². The second kappa shape index (κ2) is 8.19. The van der Waals surface area contributed by atoms with Gasteiger partial charge < -0.3 is 10.1 Å². The van der Waals surface area contributed by atoms with Crippen LogP contribution in [0, 0.1) is 0 Å². The molecule has 0 saturated carbocycles. The van der Waals surface area contributed by atoms with Gasteiger partial charge in [0.25, 0.3) is 5.91 Å². The number of fused-ring (bicyclic) bond motifs is 1. The summed E-state index contributed by atoms with van der Waals surface area (Å²) in [6.07, 6.45) is 4.39. The molecule has 0 bridgehead atoms. The molecule has 25 heavy (non-hydrogen) atoms. The lowest BCUT2D eigenvalue weighted by Crippen LogP contribution is -2.40. The molecule has 1 aliphatic carbocycles. The second-order valence-electron chi connectivity index (χ2n) is 6.66. The molecule has 3 heteroatoms. The summed E-state index contributed by atoms with van der Waals surface area (Å²) < 4.78 is 5.94. The summed E-state index contributed by atoms with van der Waals surface area (Å²) in [5.74, 6) is 0.729. The minimum atomic E-state index is -0.457. The van der Waals surface area contributed by atoms with Crippen molar-refractivity contribution in [3.05, 3.63) is 65.2 Å². The van der Waals surface area contributed by atoms with Gasteiger partial charge in [-0.25, -0.2) is 0 Å². The fourth-order valence-electron chi connectivity index (χ4n) is 3.46. The number of aryl methyl sites for hydroxylation is 2. The van der Waals surface area contributed by atoms with Crippen molar-refractivity contribution in [2.45, 2.75) is 58.1 Å². The highest BCUT2D eigenvalue weighted by atomic mass is 16.5. The monoisotopic (exact) mass is 337 g/mol. The number of hydrogen-bond donors (Lipinski definition) is 1. The maximum atomic E-state index is 12.7.